The highest BCUT2D eigenvalue weighted by molar-refractivity contribution is 5.86. The number of likely N-dealkylation sites (tertiary alicyclic amines) is 1. The Labute approximate surface area is 168 Å². The summed E-state index contributed by atoms with van der Waals surface area (Å²) in [7, 11) is 1.80. The van der Waals surface area contributed by atoms with Crippen LogP contribution in [0.15, 0.2) is 53.5 Å². The number of hydrogen-bond acceptors (Lipinski definition) is 3. The summed E-state index contributed by atoms with van der Waals surface area (Å²) in [6.45, 7) is 2.20. The van der Waals surface area contributed by atoms with E-state index in [-0.39, 0.29) is 18.2 Å². The first-order valence-corrected chi connectivity index (χ1v) is 9.91. The molecule has 1 fully saturated rings. The summed E-state index contributed by atoms with van der Waals surface area (Å²) in [6.07, 6.45) is 1.17. The third-order valence-corrected chi connectivity index (χ3v) is 5.61. The maximum absolute atomic E-state index is 12.8. The largest absolute Gasteiger partial charge is 0.490 e. The fraction of sp³-hybridized carbons (Fsp3) is 0.409. The molecule has 7 heteroatoms. The van der Waals surface area contributed by atoms with Crippen molar-refractivity contribution in [1.29, 1.82) is 0 Å². The Balaban J connectivity index is 1.39. The second-order valence-corrected chi connectivity index (χ2v) is 7.56. The summed E-state index contributed by atoms with van der Waals surface area (Å²) < 4.78 is 35.0. The van der Waals surface area contributed by atoms with E-state index in [2.05, 4.69) is 4.90 Å². The molecule has 0 radical (unpaired) electrons. The molecule has 3 heterocycles. The van der Waals surface area contributed by atoms with Crippen molar-refractivity contribution in [2.45, 2.75) is 38.5 Å². The summed E-state index contributed by atoms with van der Waals surface area (Å²) in [5.41, 5.74) is 1.78. The predicted octanol–water partition coefficient (Wildman–Crippen LogP) is 3.65. The Bertz CT molecular complexity index is 1040. The number of fused-ring (bicyclic) bond motifs is 1. The lowest BCUT2D eigenvalue weighted by Crippen LogP contribution is -2.38. The van der Waals surface area contributed by atoms with Crippen molar-refractivity contribution < 1.29 is 13.5 Å². The van der Waals surface area contributed by atoms with E-state index in [1.165, 1.54) is 0 Å². The molecule has 0 atom stereocenters. The molecule has 4 rings (SSSR count). The van der Waals surface area contributed by atoms with Gasteiger partial charge in [-0.2, -0.15) is 0 Å². The standard InChI is InChI=1S/C22H25F2N3O2/c1-25-16(4-2-7-22(25)28)14-26-11-8-17(9-12-26)29-20-6-3-5-19-18(20)10-13-27(19)15-21(23)24/h2-7,10,13,17,21H,8-9,11-12,14-15H2,1H3. The molecule has 1 aromatic carbocycles. The molecular formula is C22H25F2N3O2. The van der Waals surface area contributed by atoms with Crippen molar-refractivity contribution in [1.82, 2.24) is 14.0 Å². The molecule has 0 spiro atoms. The first kappa shape index (κ1) is 19.6. The van der Waals surface area contributed by atoms with Crippen molar-refractivity contribution in [3.8, 4) is 5.75 Å². The third kappa shape index (κ3) is 4.34. The van der Waals surface area contributed by atoms with Gasteiger partial charge in [0.2, 0.25) is 5.56 Å². The minimum absolute atomic E-state index is 0.00703. The van der Waals surface area contributed by atoms with Crippen LogP contribution in [0.4, 0.5) is 8.78 Å². The van der Waals surface area contributed by atoms with Gasteiger partial charge in [-0.25, -0.2) is 8.78 Å². The lowest BCUT2D eigenvalue weighted by Gasteiger charge is -2.32. The number of rotatable bonds is 6. The lowest BCUT2D eigenvalue weighted by atomic mass is 10.1. The summed E-state index contributed by atoms with van der Waals surface area (Å²) in [5.74, 6) is 0.749. The van der Waals surface area contributed by atoms with Crippen LogP contribution in [0.25, 0.3) is 10.9 Å². The van der Waals surface area contributed by atoms with Gasteiger partial charge in [0.25, 0.3) is 6.43 Å². The van der Waals surface area contributed by atoms with E-state index in [9.17, 15) is 13.6 Å². The molecule has 0 N–H and O–H groups in total. The number of nitrogens with zero attached hydrogens (tertiary/aromatic N) is 3. The van der Waals surface area contributed by atoms with Crippen LogP contribution in [0, 0.1) is 0 Å². The van der Waals surface area contributed by atoms with Crippen molar-refractivity contribution in [3.05, 3.63) is 64.7 Å². The fourth-order valence-corrected chi connectivity index (χ4v) is 3.97. The average Bonchev–Trinajstić information content (AvgIpc) is 3.10. The summed E-state index contributed by atoms with van der Waals surface area (Å²) in [6, 6.07) is 12.8. The van der Waals surface area contributed by atoms with Crippen LogP contribution in [0.5, 0.6) is 5.75 Å². The van der Waals surface area contributed by atoms with Crippen LogP contribution in [0.1, 0.15) is 18.5 Å². The van der Waals surface area contributed by atoms with Gasteiger partial charge in [-0.15, -0.1) is 0 Å². The number of aromatic nitrogens is 2. The Hall–Kier alpha value is -2.67. The van der Waals surface area contributed by atoms with Crippen LogP contribution in [-0.2, 0) is 20.1 Å². The molecule has 0 saturated carbocycles. The highest BCUT2D eigenvalue weighted by Gasteiger charge is 2.22. The van der Waals surface area contributed by atoms with Crippen molar-refractivity contribution >= 4 is 10.9 Å². The fourth-order valence-electron chi connectivity index (χ4n) is 3.97. The lowest BCUT2D eigenvalue weighted by molar-refractivity contribution is 0.0966. The van der Waals surface area contributed by atoms with Gasteiger partial charge < -0.3 is 13.9 Å². The number of halogens is 2. The molecule has 2 aromatic heterocycles. The predicted molar refractivity (Wildman–Crippen MR) is 109 cm³/mol. The first-order chi connectivity index (χ1) is 14.0. The molecule has 1 saturated heterocycles. The zero-order valence-corrected chi connectivity index (χ0v) is 16.4. The Morgan fingerprint density at radius 3 is 2.62 bits per heavy atom. The van der Waals surface area contributed by atoms with Crippen molar-refractivity contribution in [2.75, 3.05) is 13.1 Å². The van der Waals surface area contributed by atoms with Gasteiger partial charge in [-0.1, -0.05) is 12.1 Å². The molecule has 3 aromatic rings. The van der Waals surface area contributed by atoms with E-state index >= 15 is 0 Å². The number of piperidine rings is 1. The van der Waals surface area contributed by atoms with Gasteiger partial charge in [0, 0.05) is 50.0 Å². The molecule has 1 aliphatic heterocycles. The summed E-state index contributed by atoms with van der Waals surface area (Å²) in [5, 5.41) is 0.870. The zero-order valence-electron chi connectivity index (χ0n) is 16.4. The number of ether oxygens (including phenoxy) is 1. The van der Waals surface area contributed by atoms with Gasteiger partial charge in [-0.3, -0.25) is 9.69 Å². The van der Waals surface area contributed by atoms with Crippen LogP contribution in [0.3, 0.4) is 0 Å². The SMILES string of the molecule is Cn1c(CN2CCC(Oc3cccc4c3ccn4CC(F)F)CC2)cccc1=O. The monoisotopic (exact) mass is 401 g/mol. The van der Waals surface area contributed by atoms with Gasteiger partial charge in [0.15, 0.2) is 0 Å². The van der Waals surface area contributed by atoms with Crippen LogP contribution in [0.2, 0.25) is 0 Å². The van der Waals surface area contributed by atoms with E-state index in [1.54, 1.807) is 34.5 Å². The van der Waals surface area contributed by atoms with E-state index in [1.807, 2.05) is 30.3 Å². The third-order valence-electron chi connectivity index (χ3n) is 5.61. The van der Waals surface area contributed by atoms with E-state index in [4.69, 9.17) is 4.74 Å². The van der Waals surface area contributed by atoms with Crippen LogP contribution < -0.4 is 10.3 Å². The van der Waals surface area contributed by atoms with Gasteiger partial charge in [-0.05, 0) is 37.1 Å². The van der Waals surface area contributed by atoms with Crippen LogP contribution >= 0.6 is 0 Å². The Morgan fingerprint density at radius 1 is 1.10 bits per heavy atom. The quantitative estimate of drug-likeness (QED) is 0.633. The molecule has 29 heavy (non-hydrogen) atoms. The van der Waals surface area contributed by atoms with E-state index < -0.39 is 6.43 Å². The number of pyridine rings is 1. The maximum Gasteiger partial charge on any atom is 0.256 e. The van der Waals surface area contributed by atoms with E-state index in [0.717, 1.165) is 54.8 Å². The molecule has 1 aliphatic rings. The number of hydrogen-bond donors (Lipinski definition) is 0. The van der Waals surface area contributed by atoms with Gasteiger partial charge in [0.1, 0.15) is 11.9 Å². The van der Waals surface area contributed by atoms with Gasteiger partial charge >= 0.3 is 0 Å². The second-order valence-electron chi connectivity index (χ2n) is 7.56. The highest BCUT2D eigenvalue weighted by Crippen LogP contribution is 2.29. The van der Waals surface area contributed by atoms with Crippen molar-refractivity contribution in [2.24, 2.45) is 7.05 Å². The average molecular weight is 401 g/mol. The van der Waals surface area contributed by atoms with Gasteiger partial charge in [0.05, 0.1) is 12.1 Å². The maximum atomic E-state index is 12.8. The Morgan fingerprint density at radius 2 is 1.86 bits per heavy atom. The smallest absolute Gasteiger partial charge is 0.256 e. The highest BCUT2D eigenvalue weighted by atomic mass is 19.3. The molecule has 0 aliphatic carbocycles. The normalized spacial score (nSPS) is 16.0. The second kappa shape index (κ2) is 8.37. The minimum atomic E-state index is -2.39. The molecule has 0 bridgehead atoms. The molecule has 0 amide bonds. The van der Waals surface area contributed by atoms with Crippen LogP contribution in [-0.4, -0.2) is 39.7 Å². The molecular weight excluding hydrogens is 376 g/mol. The summed E-state index contributed by atoms with van der Waals surface area (Å²) in [4.78, 5) is 14.1. The molecule has 154 valence electrons. The number of alkyl halides is 2. The Kier molecular flexibility index (Phi) is 5.67. The minimum Gasteiger partial charge on any atom is -0.490 e. The topological polar surface area (TPSA) is 39.4 Å². The van der Waals surface area contributed by atoms with E-state index in [0.29, 0.717) is 0 Å². The first-order valence-electron chi connectivity index (χ1n) is 9.91. The molecule has 5 nitrogen and oxygen atoms in total. The van der Waals surface area contributed by atoms with Crippen molar-refractivity contribution in [3.63, 3.8) is 0 Å². The summed E-state index contributed by atoms with van der Waals surface area (Å²) >= 11 is 0. The zero-order chi connectivity index (χ0) is 20.4. The number of benzene rings is 1. The molecule has 0 unspecified atom stereocenters.